The molecule has 0 bridgehead atoms. The van der Waals surface area contributed by atoms with Crippen molar-refractivity contribution in [2.24, 2.45) is 0 Å². The molecule has 0 aliphatic carbocycles. The molecule has 1 heterocycles. The van der Waals surface area contributed by atoms with Crippen LogP contribution in [0.4, 0.5) is 0 Å². The fraction of sp³-hybridized carbons (Fsp3) is 0.231. The van der Waals surface area contributed by atoms with Gasteiger partial charge in [-0.3, -0.25) is 9.97 Å². The number of hydrogen-bond acceptors (Lipinski definition) is 2. The minimum Gasteiger partial charge on any atom is -0.261 e. The first-order valence-corrected chi connectivity index (χ1v) is 5.74. The van der Waals surface area contributed by atoms with Crippen LogP contribution in [0, 0.1) is 0 Å². The minimum absolute atomic E-state index is 0.0446. The number of benzene rings is 1. The summed E-state index contributed by atoms with van der Waals surface area (Å²) in [6.07, 6.45) is 6.91. The molecule has 1 atom stereocenters. The molecule has 2 aromatic rings. The summed E-state index contributed by atoms with van der Waals surface area (Å²) in [7, 11) is 0. The van der Waals surface area contributed by atoms with Crippen LogP contribution in [0.25, 0.3) is 0 Å². The van der Waals surface area contributed by atoms with Gasteiger partial charge in [0.25, 0.3) is 0 Å². The number of rotatable bonds is 4. The maximum absolute atomic E-state index is 6.31. The molecular weight excluding hydrogens is 220 g/mol. The van der Waals surface area contributed by atoms with Crippen LogP contribution < -0.4 is 0 Å². The lowest BCUT2D eigenvalue weighted by atomic mass is 10.1. The van der Waals surface area contributed by atoms with Gasteiger partial charge in [0, 0.05) is 18.6 Å². The molecule has 0 aliphatic rings. The van der Waals surface area contributed by atoms with Crippen LogP contribution in [0.3, 0.4) is 0 Å². The van der Waals surface area contributed by atoms with E-state index in [2.05, 4.69) is 9.97 Å². The molecule has 3 heteroatoms. The Morgan fingerprint density at radius 2 is 1.94 bits per heavy atom. The molecule has 0 N–H and O–H groups in total. The Balaban J connectivity index is 1.92. The summed E-state index contributed by atoms with van der Waals surface area (Å²) in [4.78, 5) is 8.25. The quantitative estimate of drug-likeness (QED) is 0.756. The molecule has 1 aromatic carbocycles. The van der Waals surface area contributed by atoms with E-state index in [9.17, 15) is 0 Å². The highest BCUT2D eigenvalue weighted by atomic mass is 35.5. The fourth-order valence-electron chi connectivity index (χ4n) is 1.56. The van der Waals surface area contributed by atoms with Gasteiger partial charge in [-0.15, -0.1) is 11.6 Å². The van der Waals surface area contributed by atoms with E-state index in [4.69, 9.17) is 11.6 Å². The smallest absolute Gasteiger partial charge is 0.0589 e. The predicted octanol–water partition coefficient (Wildman–Crippen LogP) is 3.39. The van der Waals surface area contributed by atoms with Gasteiger partial charge in [-0.1, -0.05) is 30.3 Å². The second-order valence-electron chi connectivity index (χ2n) is 3.61. The topological polar surface area (TPSA) is 25.8 Å². The van der Waals surface area contributed by atoms with Crippen molar-refractivity contribution in [3.05, 3.63) is 60.2 Å². The molecule has 0 spiro atoms. The average molecular weight is 233 g/mol. The monoisotopic (exact) mass is 232 g/mol. The molecule has 2 nitrogen and oxygen atoms in total. The first-order valence-electron chi connectivity index (χ1n) is 5.30. The number of nitrogens with zero attached hydrogens (tertiary/aromatic N) is 2. The summed E-state index contributed by atoms with van der Waals surface area (Å²) in [5.74, 6) is 0. The van der Waals surface area contributed by atoms with Gasteiger partial charge < -0.3 is 0 Å². The minimum atomic E-state index is 0.0446. The van der Waals surface area contributed by atoms with Gasteiger partial charge in [0.15, 0.2) is 0 Å². The van der Waals surface area contributed by atoms with Gasteiger partial charge in [0.05, 0.1) is 11.1 Å². The van der Waals surface area contributed by atoms with Crippen molar-refractivity contribution in [1.29, 1.82) is 0 Å². The van der Waals surface area contributed by atoms with Crippen molar-refractivity contribution in [2.45, 2.75) is 18.2 Å². The largest absolute Gasteiger partial charge is 0.261 e. The van der Waals surface area contributed by atoms with Gasteiger partial charge >= 0.3 is 0 Å². The van der Waals surface area contributed by atoms with E-state index >= 15 is 0 Å². The average Bonchev–Trinajstić information content (AvgIpc) is 2.38. The zero-order valence-corrected chi connectivity index (χ0v) is 9.64. The van der Waals surface area contributed by atoms with Crippen molar-refractivity contribution in [3.63, 3.8) is 0 Å². The second-order valence-corrected chi connectivity index (χ2v) is 4.14. The van der Waals surface area contributed by atoms with E-state index in [1.807, 2.05) is 30.3 Å². The van der Waals surface area contributed by atoms with Crippen LogP contribution in [-0.2, 0) is 6.42 Å². The third kappa shape index (κ3) is 3.04. The highest BCUT2D eigenvalue weighted by Crippen LogP contribution is 2.24. The zero-order chi connectivity index (χ0) is 11.2. The number of hydrogen-bond donors (Lipinski definition) is 0. The molecular formula is C13H13ClN2. The van der Waals surface area contributed by atoms with Crippen LogP contribution in [-0.4, -0.2) is 9.97 Å². The van der Waals surface area contributed by atoms with Crippen LogP contribution in [0.1, 0.15) is 23.1 Å². The molecule has 16 heavy (non-hydrogen) atoms. The van der Waals surface area contributed by atoms with E-state index < -0.39 is 0 Å². The molecule has 2 rings (SSSR count). The fourth-order valence-corrected chi connectivity index (χ4v) is 1.82. The van der Waals surface area contributed by atoms with E-state index in [-0.39, 0.29) is 5.38 Å². The number of aromatic nitrogens is 2. The van der Waals surface area contributed by atoms with Crippen molar-refractivity contribution in [3.8, 4) is 0 Å². The summed E-state index contributed by atoms with van der Waals surface area (Å²) < 4.78 is 0. The summed E-state index contributed by atoms with van der Waals surface area (Å²) >= 11 is 6.31. The van der Waals surface area contributed by atoms with Crippen molar-refractivity contribution >= 4 is 11.6 Å². The first kappa shape index (κ1) is 11.1. The summed E-state index contributed by atoms with van der Waals surface area (Å²) in [6, 6.07) is 10.1. The van der Waals surface area contributed by atoms with Crippen LogP contribution in [0.5, 0.6) is 0 Å². The number of alkyl halides is 1. The molecule has 82 valence electrons. The van der Waals surface area contributed by atoms with Gasteiger partial charge in [-0.2, -0.15) is 0 Å². The van der Waals surface area contributed by atoms with Gasteiger partial charge in [0.2, 0.25) is 0 Å². The lowest BCUT2D eigenvalue weighted by Gasteiger charge is -2.08. The Morgan fingerprint density at radius 1 is 1.12 bits per heavy atom. The molecule has 1 unspecified atom stereocenters. The zero-order valence-electron chi connectivity index (χ0n) is 8.88. The Hall–Kier alpha value is -1.41. The van der Waals surface area contributed by atoms with Crippen LogP contribution in [0.2, 0.25) is 0 Å². The van der Waals surface area contributed by atoms with E-state index in [0.717, 1.165) is 24.1 Å². The van der Waals surface area contributed by atoms with E-state index in [1.54, 1.807) is 18.6 Å². The lowest BCUT2D eigenvalue weighted by molar-refractivity contribution is 0.770. The first-order chi connectivity index (χ1) is 7.86. The van der Waals surface area contributed by atoms with Gasteiger partial charge in [0.1, 0.15) is 0 Å². The Kier molecular flexibility index (Phi) is 3.89. The normalized spacial score (nSPS) is 12.3. The highest BCUT2D eigenvalue weighted by Gasteiger charge is 2.07. The van der Waals surface area contributed by atoms with Crippen LogP contribution in [0.15, 0.2) is 48.9 Å². The molecule has 0 saturated carbocycles. The number of halogens is 1. The van der Waals surface area contributed by atoms with Crippen molar-refractivity contribution in [2.75, 3.05) is 0 Å². The van der Waals surface area contributed by atoms with E-state index in [0.29, 0.717) is 0 Å². The van der Waals surface area contributed by atoms with Crippen LogP contribution >= 0.6 is 11.6 Å². The third-order valence-corrected chi connectivity index (χ3v) is 2.90. The predicted molar refractivity (Wildman–Crippen MR) is 65.4 cm³/mol. The molecule has 0 amide bonds. The molecule has 0 saturated heterocycles. The van der Waals surface area contributed by atoms with Gasteiger partial charge in [-0.25, -0.2) is 0 Å². The Bertz CT molecular complexity index is 416. The standard InChI is InChI=1S/C13H13ClN2/c14-13(11-4-2-1-3-5-11)7-6-12-10-15-8-9-16-12/h1-5,8-10,13H,6-7H2. The highest BCUT2D eigenvalue weighted by molar-refractivity contribution is 6.20. The van der Waals surface area contributed by atoms with Crippen molar-refractivity contribution < 1.29 is 0 Å². The van der Waals surface area contributed by atoms with Gasteiger partial charge in [-0.05, 0) is 18.4 Å². The Morgan fingerprint density at radius 3 is 2.62 bits per heavy atom. The molecule has 1 aromatic heterocycles. The van der Waals surface area contributed by atoms with Crippen molar-refractivity contribution in [1.82, 2.24) is 9.97 Å². The SMILES string of the molecule is ClC(CCc1cnccn1)c1ccccc1. The maximum atomic E-state index is 6.31. The summed E-state index contributed by atoms with van der Waals surface area (Å²) in [5, 5.41) is 0.0446. The third-order valence-electron chi connectivity index (χ3n) is 2.43. The lowest BCUT2D eigenvalue weighted by Crippen LogP contribution is -1.96. The maximum Gasteiger partial charge on any atom is 0.0589 e. The summed E-state index contributed by atoms with van der Waals surface area (Å²) in [5.41, 5.74) is 2.15. The number of aryl methyl sites for hydroxylation is 1. The molecule has 0 aliphatic heterocycles. The summed E-state index contributed by atoms with van der Waals surface area (Å²) in [6.45, 7) is 0. The molecule has 0 radical (unpaired) electrons. The Labute approximate surface area is 100 Å². The van der Waals surface area contributed by atoms with E-state index in [1.165, 1.54) is 0 Å². The molecule has 0 fully saturated rings. The second kappa shape index (κ2) is 5.61.